The molecule has 0 aliphatic rings. The Kier molecular flexibility index (Phi) is 3.23. The molecule has 0 atom stereocenters. The van der Waals surface area contributed by atoms with Crippen molar-refractivity contribution in [3.05, 3.63) is 53.7 Å². The highest BCUT2D eigenvalue weighted by Crippen LogP contribution is 2.28. The standard InChI is InChI=1S/C13H10N2S/c1-10-5-2-3-7-12(10)16-13-8-4-6-11(9-14)15-13/h2-8H,1H3. The smallest absolute Gasteiger partial charge is 0.141 e. The van der Waals surface area contributed by atoms with Gasteiger partial charge in [0.2, 0.25) is 0 Å². The van der Waals surface area contributed by atoms with E-state index in [2.05, 4.69) is 24.0 Å². The molecule has 78 valence electrons. The topological polar surface area (TPSA) is 36.7 Å². The second-order valence-electron chi connectivity index (χ2n) is 3.34. The molecule has 2 aromatic rings. The molecule has 0 amide bonds. The first kappa shape index (κ1) is 10.7. The summed E-state index contributed by atoms with van der Waals surface area (Å²) in [5, 5.41) is 9.62. The predicted molar refractivity (Wildman–Crippen MR) is 64.3 cm³/mol. The molecule has 0 radical (unpaired) electrons. The molecule has 0 bridgehead atoms. The molecule has 2 rings (SSSR count). The summed E-state index contributed by atoms with van der Waals surface area (Å²) in [4.78, 5) is 5.40. The van der Waals surface area contributed by atoms with E-state index in [4.69, 9.17) is 5.26 Å². The van der Waals surface area contributed by atoms with Crippen molar-refractivity contribution in [3.8, 4) is 6.07 Å². The molecule has 1 heterocycles. The van der Waals surface area contributed by atoms with Crippen LogP contribution in [0.15, 0.2) is 52.4 Å². The third kappa shape index (κ3) is 2.41. The summed E-state index contributed by atoms with van der Waals surface area (Å²) in [6, 6.07) is 15.7. The van der Waals surface area contributed by atoms with Crippen LogP contribution >= 0.6 is 11.8 Å². The number of nitriles is 1. The van der Waals surface area contributed by atoms with Gasteiger partial charge in [0, 0.05) is 4.90 Å². The van der Waals surface area contributed by atoms with Crippen LogP contribution in [0.1, 0.15) is 11.3 Å². The molecule has 0 aliphatic heterocycles. The van der Waals surface area contributed by atoms with Gasteiger partial charge in [-0.1, -0.05) is 36.0 Å². The van der Waals surface area contributed by atoms with E-state index in [0.29, 0.717) is 5.69 Å². The Morgan fingerprint density at radius 1 is 1.12 bits per heavy atom. The molecule has 0 saturated heterocycles. The van der Waals surface area contributed by atoms with Gasteiger partial charge in [-0.25, -0.2) is 4.98 Å². The summed E-state index contributed by atoms with van der Waals surface area (Å²) in [5.41, 5.74) is 1.68. The van der Waals surface area contributed by atoms with Crippen molar-refractivity contribution in [2.45, 2.75) is 16.8 Å². The summed E-state index contributed by atoms with van der Waals surface area (Å²) >= 11 is 1.58. The quantitative estimate of drug-likeness (QED) is 0.787. The maximum Gasteiger partial charge on any atom is 0.141 e. The van der Waals surface area contributed by atoms with Crippen molar-refractivity contribution in [1.82, 2.24) is 4.98 Å². The van der Waals surface area contributed by atoms with Crippen molar-refractivity contribution < 1.29 is 0 Å². The van der Waals surface area contributed by atoms with Gasteiger partial charge in [0.25, 0.3) is 0 Å². The lowest BCUT2D eigenvalue weighted by molar-refractivity contribution is 1.10. The molecule has 0 spiro atoms. The molecular formula is C13H10N2S. The number of aromatic nitrogens is 1. The first-order valence-electron chi connectivity index (χ1n) is 4.90. The second kappa shape index (κ2) is 4.82. The Labute approximate surface area is 99.0 Å². The Morgan fingerprint density at radius 2 is 1.94 bits per heavy atom. The zero-order valence-corrected chi connectivity index (χ0v) is 9.66. The van der Waals surface area contributed by atoms with Crippen LogP contribution in [0.25, 0.3) is 0 Å². The van der Waals surface area contributed by atoms with Crippen LogP contribution < -0.4 is 0 Å². The van der Waals surface area contributed by atoms with Gasteiger partial charge in [0.15, 0.2) is 0 Å². The lowest BCUT2D eigenvalue weighted by Gasteiger charge is -2.03. The average Bonchev–Trinajstić information content (AvgIpc) is 2.32. The Morgan fingerprint density at radius 3 is 2.69 bits per heavy atom. The van der Waals surface area contributed by atoms with E-state index in [1.54, 1.807) is 17.8 Å². The highest BCUT2D eigenvalue weighted by molar-refractivity contribution is 7.99. The highest BCUT2D eigenvalue weighted by atomic mass is 32.2. The summed E-state index contributed by atoms with van der Waals surface area (Å²) < 4.78 is 0. The average molecular weight is 226 g/mol. The van der Waals surface area contributed by atoms with Crippen molar-refractivity contribution in [2.24, 2.45) is 0 Å². The van der Waals surface area contributed by atoms with Crippen molar-refractivity contribution in [2.75, 3.05) is 0 Å². The monoisotopic (exact) mass is 226 g/mol. The normalized spacial score (nSPS) is 9.75. The molecule has 16 heavy (non-hydrogen) atoms. The van der Waals surface area contributed by atoms with Crippen molar-refractivity contribution >= 4 is 11.8 Å². The first-order chi connectivity index (χ1) is 7.79. The minimum absolute atomic E-state index is 0.457. The largest absolute Gasteiger partial charge is 0.230 e. The molecular weight excluding hydrogens is 216 g/mol. The van der Waals surface area contributed by atoms with E-state index < -0.39 is 0 Å². The van der Waals surface area contributed by atoms with Crippen molar-refractivity contribution in [3.63, 3.8) is 0 Å². The molecule has 0 unspecified atom stereocenters. The summed E-state index contributed by atoms with van der Waals surface area (Å²) in [6.07, 6.45) is 0. The zero-order valence-electron chi connectivity index (χ0n) is 8.84. The number of nitrogens with zero attached hydrogens (tertiary/aromatic N) is 2. The number of benzene rings is 1. The lowest BCUT2D eigenvalue weighted by Crippen LogP contribution is -1.85. The zero-order chi connectivity index (χ0) is 11.4. The second-order valence-corrected chi connectivity index (χ2v) is 4.40. The molecule has 0 N–H and O–H groups in total. The number of rotatable bonds is 2. The van der Waals surface area contributed by atoms with Gasteiger partial charge in [0.05, 0.1) is 0 Å². The fourth-order valence-corrected chi connectivity index (χ4v) is 2.21. The maximum absolute atomic E-state index is 8.76. The van der Waals surface area contributed by atoms with E-state index in [1.165, 1.54) is 10.5 Å². The van der Waals surface area contributed by atoms with E-state index in [0.717, 1.165) is 5.03 Å². The van der Waals surface area contributed by atoms with Crippen LogP contribution in [0.3, 0.4) is 0 Å². The Balaban J connectivity index is 2.28. The Hall–Kier alpha value is -1.79. The Bertz CT molecular complexity index is 544. The van der Waals surface area contributed by atoms with Crippen LogP contribution in [0, 0.1) is 18.3 Å². The molecule has 0 aliphatic carbocycles. The fraction of sp³-hybridized carbons (Fsp3) is 0.0769. The summed E-state index contributed by atoms with van der Waals surface area (Å²) in [5.74, 6) is 0. The third-order valence-electron chi connectivity index (χ3n) is 2.15. The lowest BCUT2D eigenvalue weighted by atomic mass is 10.2. The minimum Gasteiger partial charge on any atom is -0.230 e. The summed E-state index contributed by atoms with van der Waals surface area (Å²) in [7, 11) is 0. The number of hydrogen-bond donors (Lipinski definition) is 0. The SMILES string of the molecule is Cc1ccccc1Sc1cccc(C#N)n1. The molecule has 1 aromatic carbocycles. The van der Waals surface area contributed by atoms with Gasteiger partial charge in [0.1, 0.15) is 16.8 Å². The van der Waals surface area contributed by atoms with Gasteiger partial charge in [-0.3, -0.25) is 0 Å². The van der Waals surface area contributed by atoms with E-state index in [1.807, 2.05) is 30.3 Å². The number of pyridine rings is 1. The predicted octanol–water partition coefficient (Wildman–Crippen LogP) is 3.41. The van der Waals surface area contributed by atoms with Crippen molar-refractivity contribution in [1.29, 1.82) is 5.26 Å². The first-order valence-corrected chi connectivity index (χ1v) is 5.72. The van der Waals surface area contributed by atoms with Crippen LogP contribution in [0.4, 0.5) is 0 Å². The van der Waals surface area contributed by atoms with Crippen LogP contribution in [0.5, 0.6) is 0 Å². The number of aryl methyl sites for hydroxylation is 1. The van der Waals surface area contributed by atoms with E-state index in [9.17, 15) is 0 Å². The van der Waals surface area contributed by atoms with Gasteiger partial charge in [-0.05, 0) is 30.7 Å². The fourth-order valence-electron chi connectivity index (χ4n) is 1.32. The maximum atomic E-state index is 8.76. The molecule has 1 aromatic heterocycles. The molecule has 2 nitrogen and oxygen atoms in total. The van der Waals surface area contributed by atoms with Crippen LogP contribution in [-0.2, 0) is 0 Å². The molecule has 0 saturated carbocycles. The number of hydrogen-bond acceptors (Lipinski definition) is 3. The minimum atomic E-state index is 0.457. The van der Waals surface area contributed by atoms with Crippen LogP contribution in [0.2, 0.25) is 0 Å². The van der Waals surface area contributed by atoms with E-state index >= 15 is 0 Å². The summed E-state index contributed by atoms with van der Waals surface area (Å²) in [6.45, 7) is 2.07. The van der Waals surface area contributed by atoms with Gasteiger partial charge < -0.3 is 0 Å². The van der Waals surface area contributed by atoms with Crippen LogP contribution in [-0.4, -0.2) is 4.98 Å². The van der Waals surface area contributed by atoms with Gasteiger partial charge in [-0.15, -0.1) is 0 Å². The third-order valence-corrected chi connectivity index (χ3v) is 3.26. The van der Waals surface area contributed by atoms with Gasteiger partial charge >= 0.3 is 0 Å². The molecule has 0 fully saturated rings. The highest BCUT2D eigenvalue weighted by Gasteiger charge is 2.02. The molecule has 3 heteroatoms. The van der Waals surface area contributed by atoms with E-state index in [-0.39, 0.29) is 0 Å². The van der Waals surface area contributed by atoms with Gasteiger partial charge in [-0.2, -0.15) is 5.26 Å².